The first-order valence-electron chi connectivity index (χ1n) is 11.8. The molecule has 0 aliphatic carbocycles. The third-order valence-electron chi connectivity index (χ3n) is 6.46. The zero-order valence-corrected chi connectivity index (χ0v) is 20.2. The Morgan fingerprint density at radius 1 is 1.11 bits per heavy atom. The second kappa shape index (κ2) is 13.3. The Morgan fingerprint density at radius 3 is 2.31 bits per heavy atom. The van der Waals surface area contributed by atoms with E-state index in [1.54, 1.807) is 18.7 Å². The van der Waals surface area contributed by atoms with Crippen LogP contribution in [0.5, 0.6) is 0 Å². The van der Waals surface area contributed by atoms with Gasteiger partial charge in [-0.15, -0.1) is 0 Å². The van der Waals surface area contributed by atoms with Gasteiger partial charge in [0.15, 0.2) is 6.29 Å². The summed E-state index contributed by atoms with van der Waals surface area (Å²) in [4.78, 5) is 25.4. The summed E-state index contributed by atoms with van der Waals surface area (Å²) in [6.45, 7) is 2.61. The van der Waals surface area contributed by atoms with Crippen molar-refractivity contribution in [1.82, 2.24) is 10.2 Å². The number of nitrogens with zero attached hydrogens (tertiary/aromatic N) is 1. The van der Waals surface area contributed by atoms with Crippen molar-refractivity contribution in [2.24, 2.45) is 0 Å². The van der Waals surface area contributed by atoms with Gasteiger partial charge in [-0.05, 0) is 20.3 Å². The fourth-order valence-electron chi connectivity index (χ4n) is 4.12. The third kappa shape index (κ3) is 7.08. The number of amides is 1. The van der Waals surface area contributed by atoms with Gasteiger partial charge < -0.3 is 60.0 Å². The number of carboxylic acid groups (broad SMARTS) is 1. The number of carbonyl (C=O) groups is 2. The molecule has 2 fully saturated rings. The highest BCUT2D eigenvalue weighted by molar-refractivity contribution is 5.78. The fraction of sp³-hybridized carbons (Fsp3) is 0.905. The van der Waals surface area contributed by atoms with E-state index < -0.39 is 86.6 Å². The molecule has 2 rings (SSSR count). The maximum absolute atomic E-state index is 12.2. The van der Waals surface area contributed by atoms with Crippen LogP contribution in [0.15, 0.2) is 0 Å². The van der Waals surface area contributed by atoms with Crippen LogP contribution in [0.25, 0.3) is 0 Å². The molecule has 15 heteroatoms. The Hall–Kier alpha value is -1.50. The van der Waals surface area contributed by atoms with Crippen LogP contribution in [-0.4, -0.2) is 151 Å². The lowest BCUT2D eigenvalue weighted by molar-refractivity contribution is -0.367. The molecule has 0 aromatic carbocycles. The van der Waals surface area contributed by atoms with Crippen molar-refractivity contribution in [2.45, 2.75) is 87.5 Å². The number of aliphatic hydroxyl groups is 7. The lowest BCUT2D eigenvalue weighted by Gasteiger charge is -2.47. The van der Waals surface area contributed by atoms with Gasteiger partial charge in [0.2, 0.25) is 11.7 Å². The average molecular weight is 527 g/mol. The average Bonchev–Trinajstić information content (AvgIpc) is 2.84. The number of carboxylic acids is 1. The molecule has 9 N–H and O–H groups in total. The first-order valence-corrected chi connectivity index (χ1v) is 11.8. The van der Waals surface area contributed by atoms with E-state index in [1.165, 1.54) is 0 Å². The molecular weight excluding hydrogens is 488 g/mol. The molecule has 0 radical (unpaired) electrons. The zero-order chi connectivity index (χ0) is 27.2. The molecule has 0 aromatic rings. The molecule has 2 heterocycles. The number of nitrogens with one attached hydrogen (secondary N) is 1. The molecule has 15 nitrogen and oxygen atoms in total. The summed E-state index contributed by atoms with van der Waals surface area (Å²) < 4.78 is 15.8. The summed E-state index contributed by atoms with van der Waals surface area (Å²) in [6, 6.07) is -1.28. The standard InChI is InChI=1S/C21H38N2O13/c1-3-23(4-2)13(26)6-5-10(19(31)32)22-9-21(33)18(30)17(11(25)8-34-21)36-20-16(29)15(28)14(27)12(7-24)35-20/h10-12,14-18,20,22,24-25,27-30,33H,3-9H2,1-2H3,(H,31,32)/t10?,11-,12-,14-,15+,16-,17-,18+,20-,21?/m1/s1. The first kappa shape index (κ1) is 30.7. The Morgan fingerprint density at radius 2 is 1.75 bits per heavy atom. The monoisotopic (exact) mass is 526 g/mol. The second-order valence-corrected chi connectivity index (χ2v) is 8.84. The van der Waals surface area contributed by atoms with Gasteiger partial charge in [0.05, 0.1) is 19.8 Å². The molecule has 1 amide bonds. The van der Waals surface area contributed by atoms with E-state index >= 15 is 0 Å². The molecule has 2 unspecified atom stereocenters. The van der Waals surface area contributed by atoms with Gasteiger partial charge in [0, 0.05) is 19.5 Å². The maximum Gasteiger partial charge on any atom is 0.320 e. The van der Waals surface area contributed by atoms with Crippen LogP contribution in [0.2, 0.25) is 0 Å². The Labute approximate surface area is 207 Å². The zero-order valence-electron chi connectivity index (χ0n) is 20.2. The van der Waals surface area contributed by atoms with Crippen molar-refractivity contribution in [2.75, 3.05) is 32.8 Å². The fourth-order valence-corrected chi connectivity index (χ4v) is 4.12. The van der Waals surface area contributed by atoms with Gasteiger partial charge in [-0.25, -0.2) is 0 Å². The first-order chi connectivity index (χ1) is 16.9. The number of aliphatic carboxylic acids is 1. The predicted octanol–water partition coefficient (Wildman–Crippen LogP) is -4.70. The molecule has 0 saturated carbocycles. The van der Waals surface area contributed by atoms with Crippen LogP contribution >= 0.6 is 0 Å². The van der Waals surface area contributed by atoms with Gasteiger partial charge in [-0.2, -0.15) is 0 Å². The summed E-state index contributed by atoms with van der Waals surface area (Å²) in [5.41, 5.74) is 0. The summed E-state index contributed by atoms with van der Waals surface area (Å²) in [6.07, 6.45) is -13.6. The highest BCUT2D eigenvalue weighted by atomic mass is 16.7. The highest BCUT2D eigenvalue weighted by Crippen LogP contribution is 2.30. The number of hydrogen-bond acceptors (Lipinski definition) is 13. The van der Waals surface area contributed by atoms with Crippen molar-refractivity contribution < 1.29 is 64.7 Å². The van der Waals surface area contributed by atoms with Crippen LogP contribution in [0.3, 0.4) is 0 Å². The van der Waals surface area contributed by atoms with E-state index in [0.29, 0.717) is 13.1 Å². The summed E-state index contributed by atoms with van der Waals surface area (Å²) >= 11 is 0. The van der Waals surface area contributed by atoms with Gasteiger partial charge >= 0.3 is 5.97 Å². The summed E-state index contributed by atoms with van der Waals surface area (Å²) in [5, 5.41) is 83.2. The van der Waals surface area contributed by atoms with Crippen molar-refractivity contribution >= 4 is 11.9 Å². The van der Waals surface area contributed by atoms with Crippen molar-refractivity contribution in [3.8, 4) is 0 Å². The number of aliphatic hydroxyl groups excluding tert-OH is 6. The molecule has 0 bridgehead atoms. The Bertz CT molecular complexity index is 724. The molecule has 0 spiro atoms. The van der Waals surface area contributed by atoms with E-state index in [0.717, 1.165) is 0 Å². The van der Waals surface area contributed by atoms with E-state index in [9.17, 15) is 50.4 Å². The minimum atomic E-state index is -2.45. The molecule has 2 aliphatic heterocycles. The lowest BCUT2D eigenvalue weighted by atomic mass is 9.95. The van der Waals surface area contributed by atoms with Crippen LogP contribution < -0.4 is 5.32 Å². The minimum Gasteiger partial charge on any atom is -0.480 e. The number of rotatable bonds is 12. The second-order valence-electron chi connectivity index (χ2n) is 8.84. The van der Waals surface area contributed by atoms with Crippen LogP contribution in [-0.2, 0) is 23.8 Å². The van der Waals surface area contributed by atoms with Gasteiger partial charge in [-0.3, -0.25) is 14.9 Å². The summed E-state index contributed by atoms with van der Waals surface area (Å²) in [7, 11) is 0. The van der Waals surface area contributed by atoms with E-state index in [4.69, 9.17) is 14.2 Å². The van der Waals surface area contributed by atoms with Gasteiger partial charge in [-0.1, -0.05) is 0 Å². The van der Waals surface area contributed by atoms with Gasteiger partial charge in [0.25, 0.3) is 0 Å². The SMILES string of the molecule is CCN(CC)C(=O)CCC(NCC1(O)OC[C@@H](O)[C@@H](O[C@H]2O[C@H](CO)[C@@H](O)[C@H](O)[C@H]2O)[C@@H]1O)C(=O)O. The van der Waals surface area contributed by atoms with Crippen LogP contribution in [0.1, 0.15) is 26.7 Å². The molecule has 2 aliphatic rings. The molecule has 36 heavy (non-hydrogen) atoms. The molecule has 210 valence electrons. The number of ether oxygens (including phenoxy) is 3. The van der Waals surface area contributed by atoms with Gasteiger partial charge in [0.1, 0.15) is 48.8 Å². The van der Waals surface area contributed by atoms with E-state index in [2.05, 4.69) is 5.32 Å². The topological polar surface area (TPSA) is 239 Å². The third-order valence-corrected chi connectivity index (χ3v) is 6.46. The molecular formula is C21H38N2O13. The largest absolute Gasteiger partial charge is 0.480 e. The van der Waals surface area contributed by atoms with E-state index in [-0.39, 0.29) is 18.7 Å². The molecule has 10 atom stereocenters. The van der Waals surface area contributed by atoms with Crippen molar-refractivity contribution in [3.05, 3.63) is 0 Å². The number of hydrogen-bond donors (Lipinski definition) is 9. The molecule has 0 aromatic heterocycles. The van der Waals surface area contributed by atoms with Crippen molar-refractivity contribution in [1.29, 1.82) is 0 Å². The van der Waals surface area contributed by atoms with Crippen LogP contribution in [0, 0.1) is 0 Å². The summed E-state index contributed by atoms with van der Waals surface area (Å²) in [5.74, 6) is -3.99. The molecule has 2 saturated heterocycles. The minimum absolute atomic E-state index is 0.0744. The quantitative estimate of drug-likeness (QED) is 0.116. The highest BCUT2D eigenvalue weighted by Gasteiger charge is 2.53. The van der Waals surface area contributed by atoms with E-state index in [1.807, 2.05) is 0 Å². The Kier molecular flexibility index (Phi) is 11.4. The predicted molar refractivity (Wildman–Crippen MR) is 118 cm³/mol. The van der Waals surface area contributed by atoms with Crippen molar-refractivity contribution in [3.63, 3.8) is 0 Å². The smallest absolute Gasteiger partial charge is 0.320 e. The van der Waals surface area contributed by atoms with Crippen LogP contribution in [0.4, 0.5) is 0 Å². The lowest BCUT2D eigenvalue weighted by Crippen LogP contribution is -2.68. The maximum atomic E-state index is 12.2. The Balaban J connectivity index is 2.05. The number of carbonyl (C=O) groups excluding carboxylic acids is 1. The normalized spacial score (nSPS) is 37.9.